The fraction of sp³-hybridized carbons (Fsp3) is 0.357. The molecule has 0 atom stereocenters. The molecule has 0 saturated heterocycles. The molecule has 0 aliphatic heterocycles. The van der Waals surface area contributed by atoms with Crippen LogP contribution in [0.3, 0.4) is 0 Å². The maximum Gasteiger partial charge on any atom is 0.0991 e. The molecule has 2 nitrogen and oxygen atoms in total. The number of rotatable bonds is 1. The molecule has 0 fully saturated rings. The summed E-state index contributed by atoms with van der Waals surface area (Å²) in [6, 6.07) is 8.35. The lowest BCUT2D eigenvalue weighted by atomic mass is 10.2. The Bertz CT molecular complexity index is 347. The van der Waals surface area contributed by atoms with Crippen molar-refractivity contribution in [2.24, 2.45) is 0 Å². The topological polar surface area (TPSA) is 17.8 Å². The van der Waals surface area contributed by atoms with E-state index in [-0.39, 0.29) is 0 Å². The Labute approximate surface area is 99.0 Å². The molecule has 0 aliphatic rings. The van der Waals surface area contributed by atoms with E-state index in [1.54, 1.807) is 12.5 Å². The summed E-state index contributed by atoms with van der Waals surface area (Å²) in [5, 5.41) is 0. The molecule has 1 aromatic heterocycles. The first kappa shape index (κ1) is 14.4. The zero-order chi connectivity index (χ0) is 12.4. The van der Waals surface area contributed by atoms with Gasteiger partial charge < -0.3 is 4.57 Å². The van der Waals surface area contributed by atoms with Gasteiger partial charge in [0.2, 0.25) is 0 Å². The van der Waals surface area contributed by atoms with Crippen LogP contribution in [0.4, 0.5) is 0 Å². The summed E-state index contributed by atoms with van der Waals surface area (Å²) in [5.41, 5.74) is 2.43. The van der Waals surface area contributed by atoms with Crippen molar-refractivity contribution in [2.75, 3.05) is 0 Å². The molecule has 0 bridgehead atoms. The second kappa shape index (κ2) is 8.72. The lowest BCUT2D eigenvalue weighted by Gasteiger charge is -2.00. The number of hydrogen-bond acceptors (Lipinski definition) is 1. The van der Waals surface area contributed by atoms with Crippen molar-refractivity contribution in [2.45, 2.75) is 34.6 Å². The van der Waals surface area contributed by atoms with Gasteiger partial charge in [-0.1, -0.05) is 45.4 Å². The molecule has 1 aromatic carbocycles. The molecule has 2 rings (SSSR count). The molecule has 16 heavy (non-hydrogen) atoms. The van der Waals surface area contributed by atoms with Crippen molar-refractivity contribution in [1.29, 1.82) is 0 Å². The summed E-state index contributed by atoms with van der Waals surface area (Å²) in [6.45, 7) is 10.1. The van der Waals surface area contributed by atoms with E-state index in [1.165, 1.54) is 5.56 Å². The Morgan fingerprint density at radius 3 is 1.94 bits per heavy atom. The average Bonchev–Trinajstić information content (AvgIpc) is 2.89. The van der Waals surface area contributed by atoms with Gasteiger partial charge in [0, 0.05) is 18.1 Å². The van der Waals surface area contributed by atoms with Gasteiger partial charge in [-0.2, -0.15) is 0 Å². The van der Waals surface area contributed by atoms with Crippen LogP contribution in [0.5, 0.6) is 0 Å². The highest BCUT2D eigenvalue weighted by Gasteiger charge is 1.92. The van der Waals surface area contributed by atoms with Gasteiger partial charge in [0.25, 0.3) is 0 Å². The van der Waals surface area contributed by atoms with E-state index in [9.17, 15) is 0 Å². The molecule has 0 spiro atoms. The number of hydrogen-bond donors (Lipinski definition) is 0. The van der Waals surface area contributed by atoms with Crippen LogP contribution in [0.15, 0.2) is 43.0 Å². The van der Waals surface area contributed by atoms with Crippen molar-refractivity contribution in [3.8, 4) is 5.69 Å². The molecule has 2 heteroatoms. The van der Waals surface area contributed by atoms with E-state index in [1.807, 2.05) is 38.5 Å². The number of benzene rings is 1. The largest absolute Gasteiger partial charge is 0.306 e. The molecule has 0 radical (unpaired) electrons. The van der Waals surface area contributed by atoms with Crippen molar-refractivity contribution in [3.63, 3.8) is 0 Å². The standard InChI is InChI=1S/C10H10N2.2C2H6/c1-9-2-4-10(5-3-9)12-7-6-11-8-12;2*1-2/h2-8H,1H3;2*1-2H3. The van der Waals surface area contributed by atoms with Crippen molar-refractivity contribution >= 4 is 0 Å². The summed E-state index contributed by atoms with van der Waals surface area (Å²) < 4.78 is 1.99. The van der Waals surface area contributed by atoms with E-state index in [0.717, 1.165) is 5.69 Å². The van der Waals surface area contributed by atoms with Gasteiger partial charge in [-0.3, -0.25) is 0 Å². The predicted molar refractivity (Wildman–Crippen MR) is 71.0 cm³/mol. The smallest absolute Gasteiger partial charge is 0.0991 e. The molecule has 0 unspecified atom stereocenters. The van der Waals surface area contributed by atoms with Crippen molar-refractivity contribution in [1.82, 2.24) is 9.55 Å². The van der Waals surface area contributed by atoms with E-state index in [4.69, 9.17) is 0 Å². The van der Waals surface area contributed by atoms with Crippen molar-refractivity contribution in [3.05, 3.63) is 48.5 Å². The average molecular weight is 218 g/mol. The van der Waals surface area contributed by atoms with Gasteiger partial charge in [0.15, 0.2) is 0 Å². The Balaban J connectivity index is 0.000000509. The molecule has 2 aromatic rings. The third-order valence-electron chi connectivity index (χ3n) is 1.84. The Morgan fingerprint density at radius 2 is 1.50 bits per heavy atom. The maximum atomic E-state index is 3.98. The molecular formula is C14H22N2. The molecule has 88 valence electrons. The van der Waals surface area contributed by atoms with Gasteiger partial charge in [-0.25, -0.2) is 4.98 Å². The van der Waals surface area contributed by atoms with Crippen LogP contribution in [0.25, 0.3) is 5.69 Å². The van der Waals surface area contributed by atoms with Crippen LogP contribution in [0.2, 0.25) is 0 Å². The number of imidazole rings is 1. The van der Waals surface area contributed by atoms with Crippen LogP contribution >= 0.6 is 0 Å². The monoisotopic (exact) mass is 218 g/mol. The lowest BCUT2D eigenvalue weighted by Crippen LogP contribution is -1.88. The highest BCUT2D eigenvalue weighted by atomic mass is 15.0. The highest BCUT2D eigenvalue weighted by molar-refractivity contribution is 5.33. The van der Waals surface area contributed by atoms with E-state index in [2.05, 4.69) is 36.2 Å². The fourth-order valence-corrected chi connectivity index (χ4v) is 1.13. The lowest BCUT2D eigenvalue weighted by molar-refractivity contribution is 1.06. The Hall–Kier alpha value is -1.57. The second-order valence-corrected chi connectivity index (χ2v) is 2.81. The van der Waals surface area contributed by atoms with Gasteiger partial charge in [0.05, 0.1) is 6.33 Å². The van der Waals surface area contributed by atoms with Gasteiger partial charge >= 0.3 is 0 Å². The number of aromatic nitrogens is 2. The quantitative estimate of drug-likeness (QED) is 0.700. The number of aryl methyl sites for hydroxylation is 1. The summed E-state index contributed by atoms with van der Waals surface area (Å²) in [7, 11) is 0. The normalized spacial score (nSPS) is 8.31. The molecule has 0 amide bonds. The summed E-state index contributed by atoms with van der Waals surface area (Å²) in [6.07, 6.45) is 5.51. The van der Waals surface area contributed by atoms with Crippen LogP contribution in [-0.2, 0) is 0 Å². The van der Waals surface area contributed by atoms with Crippen LogP contribution in [0.1, 0.15) is 33.3 Å². The molecular weight excluding hydrogens is 196 g/mol. The van der Waals surface area contributed by atoms with Crippen molar-refractivity contribution < 1.29 is 0 Å². The molecule has 0 N–H and O–H groups in total. The predicted octanol–water partition coefficient (Wildman–Crippen LogP) is 4.23. The van der Waals surface area contributed by atoms with Gasteiger partial charge in [-0.15, -0.1) is 0 Å². The second-order valence-electron chi connectivity index (χ2n) is 2.81. The summed E-state index contributed by atoms with van der Waals surface area (Å²) in [4.78, 5) is 3.98. The van der Waals surface area contributed by atoms with E-state index in [0.29, 0.717) is 0 Å². The first-order valence-corrected chi connectivity index (χ1v) is 5.91. The first-order chi connectivity index (χ1) is 7.86. The number of nitrogens with zero attached hydrogens (tertiary/aromatic N) is 2. The third kappa shape index (κ3) is 4.30. The van der Waals surface area contributed by atoms with Crippen LogP contribution in [-0.4, -0.2) is 9.55 Å². The van der Waals surface area contributed by atoms with Gasteiger partial charge in [-0.05, 0) is 19.1 Å². The third-order valence-corrected chi connectivity index (χ3v) is 1.84. The Morgan fingerprint density at radius 1 is 0.938 bits per heavy atom. The molecule has 1 heterocycles. The fourth-order valence-electron chi connectivity index (χ4n) is 1.13. The van der Waals surface area contributed by atoms with E-state index >= 15 is 0 Å². The zero-order valence-corrected chi connectivity index (χ0v) is 10.9. The highest BCUT2D eigenvalue weighted by Crippen LogP contribution is 2.07. The molecule has 0 saturated carbocycles. The van der Waals surface area contributed by atoms with Crippen LogP contribution < -0.4 is 0 Å². The van der Waals surface area contributed by atoms with Gasteiger partial charge in [0.1, 0.15) is 0 Å². The minimum Gasteiger partial charge on any atom is -0.306 e. The SMILES string of the molecule is CC.CC.Cc1ccc(-n2ccnc2)cc1. The van der Waals surface area contributed by atoms with Crippen LogP contribution in [0, 0.1) is 6.92 Å². The minimum atomic E-state index is 1.15. The summed E-state index contributed by atoms with van der Waals surface area (Å²) in [5.74, 6) is 0. The minimum absolute atomic E-state index is 1.15. The first-order valence-electron chi connectivity index (χ1n) is 5.91. The molecule has 0 aliphatic carbocycles. The van der Waals surface area contributed by atoms with E-state index < -0.39 is 0 Å². The maximum absolute atomic E-state index is 3.98. The summed E-state index contributed by atoms with van der Waals surface area (Å²) >= 11 is 0. The zero-order valence-electron chi connectivity index (χ0n) is 10.9. The Kier molecular flexibility index (Phi) is 7.86.